The van der Waals surface area contributed by atoms with E-state index < -0.39 is 17.2 Å². The molecule has 132 valence electrons. The fourth-order valence-electron chi connectivity index (χ4n) is 1.99. The molecule has 2 rings (SSSR count). The van der Waals surface area contributed by atoms with Gasteiger partial charge in [0.2, 0.25) is 11.8 Å². The van der Waals surface area contributed by atoms with Crippen molar-refractivity contribution in [1.29, 1.82) is 0 Å². The number of halogens is 3. The Labute approximate surface area is 155 Å². The number of carbonyl (C=O) groups excluding carboxylic acids is 2. The van der Waals surface area contributed by atoms with Crippen LogP contribution < -0.4 is 10.6 Å². The van der Waals surface area contributed by atoms with Crippen molar-refractivity contribution in [1.82, 2.24) is 5.32 Å². The maximum atomic E-state index is 12.9. The predicted molar refractivity (Wildman–Crippen MR) is 97.1 cm³/mol. The van der Waals surface area contributed by atoms with Gasteiger partial charge in [0.25, 0.3) is 0 Å². The fourth-order valence-corrected chi connectivity index (χ4v) is 2.34. The molecule has 0 aromatic heterocycles. The minimum atomic E-state index is -1.34. The molecule has 7 heteroatoms. The molecule has 0 spiro atoms. The van der Waals surface area contributed by atoms with E-state index in [9.17, 15) is 14.0 Å². The van der Waals surface area contributed by atoms with E-state index in [1.807, 2.05) is 0 Å². The van der Waals surface area contributed by atoms with Crippen molar-refractivity contribution < 1.29 is 14.0 Å². The van der Waals surface area contributed by atoms with Gasteiger partial charge in [-0.15, -0.1) is 0 Å². The van der Waals surface area contributed by atoms with Crippen LogP contribution >= 0.6 is 23.2 Å². The van der Waals surface area contributed by atoms with Gasteiger partial charge in [-0.2, -0.15) is 0 Å². The quantitative estimate of drug-likeness (QED) is 0.752. The van der Waals surface area contributed by atoms with Crippen LogP contribution in [0, 0.1) is 11.2 Å². The van der Waals surface area contributed by atoms with Gasteiger partial charge in [-0.05, 0) is 43.7 Å². The Kier molecular flexibility index (Phi) is 6.03. The third-order valence-corrected chi connectivity index (χ3v) is 4.52. The molecular weight excluding hydrogens is 366 g/mol. The van der Waals surface area contributed by atoms with Gasteiger partial charge in [0.05, 0.1) is 15.7 Å². The van der Waals surface area contributed by atoms with Crippen LogP contribution in [-0.2, 0) is 16.1 Å². The third-order valence-electron chi connectivity index (χ3n) is 3.70. The number of hydrogen-bond acceptors (Lipinski definition) is 2. The summed E-state index contributed by atoms with van der Waals surface area (Å²) in [5, 5.41) is 5.79. The van der Waals surface area contributed by atoms with E-state index in [0.717, 1.165) is 5.56 Å². The minimum Gasteiger partial charge on any atom is -0.351 e. The van der Waals surface area contributed by atoms with Crippen LogP contribution in [0.1, 0.15) is 19.4 Å². The average Bonchev–Trinajstić information content (AvgIpc) is 2.58. The number of benzene rings is 2. The number of amides is 2. The summed E-state index contributed by atoms with van der Waals surface area (Å²) < 4.78 is 12.9. The molecule has 0 fully saturated rings. The standard InChI is InChI=1S/C18H17Cl2FN2O2/c1-18(2,16(24)22-10-11-6-8-12(21)9-7-11)17(25)23-14-5-3-4-13(19)15(14)20/h3-9H,10H2,1-2H3,(H,22,24)(H,23,25). The molecule has 2 amide bonds. The van der Waals surface area contributed by atoms with Crippen molar-refractivity contribution in [3.63, 3.8) is 0 Å². The summed E-state index contributed by atoms with van der Waals surface area (Å²) >= 11 is 12.0. The Hall–Kier alpha value is -2.11. The second-order valence-electron chi connectivity index (χ2n) is 5.99. The van der Waals surface area contributed by atoms with Crippen LogP contribution in [0.15, 0.2) is 42.5 Å². The SMILES string of the molecule is CC(C)(C(=O)NCc1ccc(F)cc1)C(=O)Nc1cccc(Cl)c1Cl. The maximum Gasteiger partial charge on any atom is 0.239 e. The summed E-state index contributed by atoms with van der Waals surface area (Å²) in [6.07, 6.45) is 0. The van der Waals surface area contributed by atoms with Crippen LogP contribution in [0.25, 0.3) is 0 Å². The molecule has 2 N–H and O–H groups in total. The molecule has 0 bridgehead atoms. The van der Waals surface area contributed by atoms with Crippen molar-refractivity contribution in [3.05, 3.63) is 63.9 Å². The molecule has 0 unspecified atom stereocenters. The minimum absolute atomic E-state index is 0.188. The zero-order valence-corrected chi connectivity index (χ0v) is 15.2. The molecule has 0 radical (unpaired) electrons. The van der Waals surface area contributed by atoms with Crippen LogP contribution in [0.5, 0.6) is 0 Å². The molecule has 0 aliphatic rings. The lowest BCUT2D eigenvalue weighted by Crippen LogP contribution is -2.44. The zero-order chi connectivity index (χ0) is 18.6. The first kappa shape index (κ1) is 19.2. The Balaban J connectivity index is 2.03. The Morgan fingerprint density at radius 3 is 2.32 bits per heavy atom. The van der Waals surface area contributed by atoms with E-state index in [4.69, 9.17) is 23.2 Å². The van der Waals surface area contributed by atoms with Crippen molar-refractivity contribution >= 4 is 40.7 Å². The molecule has 0 saturated heterocycles. The summed E-state index contributed by atoms with van der Waals surface area (Å²) in [7, 11) is 0. The lowest BCUT2D eigenvalue weighted by Gasteiger charge is -2.23. The molecular formula is C18H17Cl2FN2O2. The van der Waals surface area contributed by atoms with Crippen LogP contribution in [-0.4, -0.2) is 11.8 Å². The molecule has 2 aromatic rings. The number of rotatable bonds is 5. The number of nitrogens with one attached hydrogen (secondary N) is 2. The molecule has 0 heterocycles. The Bertz CT molecular complexity index is 792. The van der Waals surface area contributed by atoms with Gasteiger partial charge in [0.1, 0.15) is 11.2 Å². The highest BCUT2D eigenvalue weighted by Crippen LogP contribution is 2.31. The van der Waals surface area contributed by atoms with Crippen molar-refractivity contribution in [3.8, 4) is 0 Å². The number of carbonyl (C=O) groups is 2. The molecule has 0 aliphatic carbocycles. The van der Waals surface area contributed by atoms with E-state index in [1.165, 1.54) is 26.0 Å². The van der Waals surface area contributed by atoms with Gasteiger partial charge in [0.15, 0.2) is 0 Å². The van der Waals surface area contributed by atoms with Crippen molar-refractivity contribution in [2.45, 2.75) is 20.4 Å². The third kappa shape index (κ3) is 4.71. The lowest BCUT2D eigenvalue weighted by atomic mass is 9.90. The summed E-state index contributed by atoms with van der Waals surface area (Å²) in [6, 6.07) is 10.6. The monoisotopic (exact) mass is 382 g/mol. The van der Waals surface area contributed by atoms with Gasteiger partial charge < -0.3 is 10.6 Å². The normalized spacial score (nSPS) is 11.1. The first-order valence-electron chi connectivity index (χ1n) is 7.50. The first-order valence-corrected chi connectivity index (χ1v) is 8.25. The van der Waals surface area contributed by atoms with Crippen LogP contribution in [0.3, 0.4) is 0 Å². The van der Waals surface area contributed by atoms with E-state index in [0.29, 0.717) is 10.7 Å². The van der Waals surface area contributed by atoms with E-state index in [-0.39, 0.29) is 17.4 Å². The molecule has 0 saturated carbocycles. The maximum absolute atomic E-state index is 12.9. The predicted octanol–water partition coefficient (Wildman–Crippen LogP) is 4.41. The second-order valence-corrected chi connectivity index (χ2v) is 6.77. The number of hydrogen-bond donors (Lipinski definition) is 2. The molecule has 25 heavy (non-hydrogen) atoms. The second kappa shape index (κ2) is 7.85. The average molecular weight is 383 g/mol. The molecule has 0 aliphatic heterocycles. The highest BCUT2D eigenvalue weighted by Gasteiger charge is 2.36. The summed E-state index contributed by atoms with van der Waals surface area (Å²) in [5.74, 6) is -1.34. The summed E-state index contributed by atoms with van der Waals surface area (Å²) in [5.41, 5.74) is -0.284. The van der Waals surface area contributed by atoms with Crippen molar-refractivity contribution in [2.75, 3.05) is 5.32 Å². The first-order chi connectivity index (χ1) is 11.7. The summed E-state index contributed by atoms with van der Waals surface area (Å²) in [4.78, 5) is 24.9. The largest absolute Gasteiger partial charge is 0.351 e. The highest BCUT2D eigenvalue weighted by atomic mass is 35.5. The van der Waals surface area contributed by atoms with E-state index >= 15 is 0 Å². The van der Waals surface area contributed by atoms with Gasteiger partial charge in [-0.1, -0.05) is 41.4 Å². The molecule has 0 atom stereocenters. The van der Waals surface area contributed by atoms with Gasteiger partial charge in [0, 0.05) is 6.54 Å². The van der Waals surface area contributed by atoms with Gasteiger partial charge in [-0.3, -0.25) is 9.59 Å². The smallest absolute Gasteiger partial charge is 0.239 e. The fraction of sp³-hybridized carbons (Fsp3) is 0.222. The van der Waals surface area contributed by atoms with E-state index in [1.54, 1.807) is 30.3 Å². The summed E-state index contributed by atoms with van der Waals surface area (Å²) in [6.45, 7) is 3.19. The number of anilines is 1. The molecule has 4 nitrogen and oxygen atoms in total. The Morgan fingerprint density at radius 1 is 1.04 bits per heavy atom. The topological polar surface area (TPSA) is 58.2 Å². The van der Waals surface area contributed by atoms with Gasteiger partial charge in [-0.25, -0.2) is 4.39 Å². The Morgan fingerprint density at radius 2 is 1.68 bits per heavy atom. The highest BCUT2D eigenvalue weighted by molar-refractivity contribution is 6.44. The lowest BCUT2D eigenvalue weighted by molar-refractivity contribution is -0.138. The zero-order valence-electron chi connectivity index (χ0n) is 13.7. The van der Waals surface area contributed by atoms with Crippen LogP contribution in [0.4, 0.5) is 10.1 Å². The van der Waals surface area contributed by atoms with E-state index in [2.05, 4.69) is 10.6 Å². The van der Waals surface area contributed by atoms with Crippen LogP contribution in [0.2, 0.25) is 10.0 Å². The van der Waals surface area contributed by atoms with Gasteiger partial charge >= 0.3 is 0 Å². The molecule has 2 aromatic carbocycles. The van der Waals surface area contributed by atoms with Crippen molar-refractivity contribution in [2.24, 2.45) is 5.41 Å².